The van der Waals surface area contributed by atoms with Crippen LogP contribution in [0.1, 0.15) is 32.6 Å². The predicted octanol–water partition coefficient (Wildman–Crippen LogP) is 2.06. The maximum Gasteiger partial charge on any atom is 0.191 e. The highest BCUT2D eigenvalue weighted by molar-refractivity contribution is 14.0. The van der Waals surface area contributed by atoms with Crippen LogP contribution in [-0.2, 0) is 4.74 Å². The van der Waals surface area contributed by atoms with Gasteiger partial charge in [0.25, 0.3) is 0 Å². The molecule has 0 radical (unpaired) electrons. The Morgan fingerprint density at radius 1 is 1.39 bits per heavy atom. The van der Waals surface area contributed by atoms with Crippen molar-refractivity contribution in [2.45, 2.75) is 44.8 Å². The molecule has 1 fully saturated rings. The first-order chi connectivity index (χ1) is 8.38. The fourth-order valence-corrected chi connectivity index (χ4v) is 2.23. The van der Waals surface area contributed by atoms with Gasteiger partial charge in [-0.05, 0) is 32.6 Å². The number of hydrogen-bond acceptors (Lipinski definition) is 2. The molecule has 0 amide bonds. The minimum atomic E-state index is 0. The van der Waals surface area contributed by atoms with E-state index in [2.05, 4.69) is 34.7 Å². The average molecular weight is 365 g/mol. The molecule has 104 valence electrons. The average Bonchev–Trinajstić information content (AvgIpc) is 2.99. The molecule has 0 bridgehead atoms. The topological polar surface area (TPSA) is 45.7 Å². The molecule has 1 atom stereocenters. The summed E-state index contributed by atoms with van der Waals surface area (Å²) in [6.45, 7) is 4.67. The minimum absolute atomic E-state index is 0. The first-order valence-corrected chi connectivity index (χ1v) is 6.70. The Kier molecular flexibility index (Phi) is 7.65. The molecule has 4 nitrogen and oxygen atoms in total. The quantitative estimate of drug-likeness (QED) is 0.347. The monoisotopic (exact) mass is 365 g/mol. The van der Waals surface area contributed by atoms with Crippen LogP contribution in [0.15, 0.2) is 17.1 Å². The van der Waals surface area contributed by atoms with Gasteiger partial charge < -0.3 is 15.4 Å². The van der Waals surface area contributed by atoms with Gasteiger partial charge in [-0.3, -0.25) is 4.99 Å². The molecule has 0 aromatic carbocycles. The van der Waals surface area contributed by atoms with Crippen LogP contribution in [0.4, 0.5) is 0 Å². The third kappa shape index (κ3) is 5.14. The third-order valence-electron chi connectivity index (χ3n) is 3.17. The first-order valence-electron chi connectivity index (χ1n) is 6.70. The maximum absolute atomic E-state index is 5.58. The minimum Gasteiger partial charge on any atom is -0.376 e. The van der Waals surface area contributed by atoms with Gasteiger partial charge in [0.2, 0.25) is 0 Å². The van der Waals surface area contributed by atoms with Crippen LogP contribution >= 0.6 is 24.0 Å². The molecule has 1 aliphatic heterocycles. The Morgan fingerprint density at radius 2 is 2.17 bits per heavy atom. The number of aliphatic imine (C=N–C) groups is 1. The van der Waals surface area contributed by atoms with E-state index in [4.69, 9.17) is 4.74 Å². The summed E-state index contributed by atoms with van der Waals surface area (Å²) in [6.07, 6.45) is 9.30. The van der Waals surface area contributed by atoms with Gasteiger partial charge in [0.1, 0.15) is 0 Å². The van der Waals surface area contributed by atoms with Crippen molar-refractivity contribution in [3.63, 3.8) is 0 Å². The molecule has 2 rings (SSSR count). The van der Waals surface area contributed by atoms with E-state index in [1.807, 2.05) is 0 Å². The van der Waals surface area contributed by atoms with Crippen LogP contribution in [0.2, 0.25) is 0 Å². The molecule has 0 spiro atoms. The number of rotatable bonds is 4. The molecule has 0 aromatic heterocycles. The third-order valence-corrected chi connectivity index (χ3v) is 3.17. The Balaban J connectivity index is 0.00000162. The second-order valence-electron chi connectivity index (χ2n) is 4.64. The number of guanidine groups is 1. The second-order valence-corrected chi connectivity index (χ2v) is 4.64. The second kappa shape index (κ2) is 8.74. The van der Waals surface area contributed by atoms with Crippen LogP contribution in [0, 0.1) is 0 Å². The number of halogens is 1. The standard InChI is InChI=1S/C13H23N3O.HI/c1-2-14-13(16-11-6-3-4-7-11)15-10-12-8-5-9-17-12;/h3-4,11-12H,2,5-10H2,1H3,(H2,14,15,16);1H. The summed E-state index contributed by atoms with van der Waals surface area (Å²) in [6, 6.07) is 0.511. The molecule has 0 aromatic rings. The van der Waals surface area contributed by atoms with Gasteiger partial charge in [-0.25, -0.2) is 0 Å². The molecular weight excluding hydrogens is 341 g/mol. The lowest BCUT2D eigenvalue weighted by atomic mass is 10.2. The van der Waals surface area contributed by atoms with Crippen LogP contribution in [0.25, 0.3) is 0 Å². The lowest BCUT2D eigenvalue weighted by molar-refractivity contribution is 0.117. The Labute approximate surface area is 127 Å². The van der Waals surface area contributed by atoms with E-state index in [-0.39, 0.29) is 24.0 Å². The summed E-state index contributed by atoms with van der Waals surface area (Å²) in [5.41, 5.74) is 0. The van der Waals surface area contributed by atoms with Crippen molar-refractivity contribution in [1.29, 1.82) is 0 Å². The molecule has 1 unspecified atom stereocenters. The molecule has 2 aliphatic rings. The van der Waals surface area contributed by atoms with Gasteiger partial charge in [0, 0.05) is 19.2 Å². The SMILES string of the molecule is CCNC(=NCC1CCCO1)NC1CC=CC1.I. The van der Waals surface area contributed by atoms with E-state index in [1.54, 1.807) is 0 Å². The lowest BCUT2D eigenvalue weighted by Gasteiger charge is -2.17. The predicted molar refractivity (Wildman–Crippen MR) is 85.7 cm³/mol. The van der Waals surface area contributed by atoms with Gasteiger partial charge in [0.05, 0.1) is 12.6 Å². The largest absolute Gasteiger partial charge is 0.376 e. The van der Waals surface area contributed by atoms with Crippen molar-refractivity contribution in [1.82, 2.24) is 10.6 Å². The number of ether oxygens (including phenoxy) is 1. The van der Waals surface area contributed by atoms with Crippen LogP contribution in [0.5, 0.6) is 0 Å². The van der Waals surface area contributed by atoms with Crippen LogP contribution in [0.3, 0.4) is 0 Å². The molecule has 0 saturated carbocycles. The fourth-order valence-electron chi connectivity index (χ4n) is 2.23. The summed E-state index contributed by atoms with van der Waals surface area (Å²) in [5, 5.41) is 6.75. The zero-order chi connectivity index (χ0) is 11.9. The van der Waals surface area contributed by atoms with Gasteiger partial charge >= 0.3 is 0 Å². The van der Waals surface area contributed by atoms with E-state index in [1.165, 1.54) is 6.42 Å². The Bertz CT molecular complexity index is 280. The number of hydrogen-bond donors (Lipinski definition) is 2. The number of nitrogens with zero attached hydrogens (tertiary/aromatic N) is 1. The van der Waals surface area contributed by atoms with Crippen molar-refractivity contribution < 1.29 is 4.74 Å². The summed E-state index contributed by atoms with van der Waals surface area (Å²) in [5.74, 6) is 0.928. The first kappa shape index (κ1) is 15.8. The van der Waals surface area contributed by atoms with Gasteiger partial charge in [0.15, 0.2) is 5.96 Å². The summed E-state index contributed by atoms with van der Waals surface area (Å²) < 4.78 is 5.58. The van der Waals surface area contributed by atoms with E-state index >= 15 is 0 Å². The molecule has 1 heterocycles. The van der Waals surface area contributed by atoms with Gasteiger partial charge in [-0.1, -0.05) is 12.2 Å². The summed E-state index contributed by atoms with van der Waals surface area (Å²) in [7, 11) is 0. The van der Waals surface area contributed by atoms with Crippen molar-refractivity contribution in [3.05, 3.63) is 12.2 Å². The molecular formula is C13H24IN3O. The maximum atomic E-state index is 5.58. The lowest BCUT2D eigenvalue weighted by Crippen LogP contribution is -2.42. The van der Waals surface area contributed by atoms with Crippen molar-refractivity contribution in [2.75, 3.05) is 19.7 Å². The summed E-state index contributed by atoms with van der Waals surface area (Å²) in [4.78, 5) is 4.60. The van der Waals surface area contributed by atoms with Crippen molar-refractivity contribution in [3.8, 4) is 0 Å². The molecule has 1 aliphatic carbocycles. The van der Waals surface area contributed by atoms with Crippen molar-refractivity contribution in [2.24, 2.45) is 4.99 Å². The Morgan fingerprint density at radius 3 is 2.78 bits per heavy atom. The van der Waals surface area contributed by atoms with E-state index in [9.17, 15) is 0 Å². The molecule has 5 heteroatoms. The molecule has 1 saturated heterocycles. The van der Waals surface area contributed by atoms with Crippen LogP contribution in [-0.4, -0.2) is 37.8 Å². The highest BCUT2D eigenvalue weighted by Crippen LogP contribution is 2.12. The normalized spacial score (nSPS) is 24.1. The summed E-state index contributed by atoms with van der Waals surface area (Å²) >= 11 is 0. The highest BCUT2D eigenvalue weighted by atomic mass is 127. The van der Waals surface area contributed by atoms with Gasteiger partial charge in [-0.2, -0.15) is 0 Å². The number of nitrogens with one attached hydrogen (secondary N) is 2. The zero-order valence-electron chi connectivity index (χ0n) is 11.0. The van der Waals surface area contributed by atoms with Gasteiger partial charge in [-0.15, -0.1) is 24.0 Å². The smallest absolute Gasteiger partial charge is 0.191 e. The Hall–Kier alpha value is -0.300. The highest BCUT2D eigenvalue weighted by Gasteiger charge is 2.16. The van der Waals surface area contributed by atoms with Crippen LogP contribution < -0.4 is 10.6 Å². The van der Waals surface area contributed by atoms with E-state index < -0.39 is 0 Å². The fraction of sp³-hybridized carbons (Fsp3) is 0.769. The zero-order valence-corrected chi connectivity index (χ0v) is 13.4. The van der Waals surface area contributed by atoms with Crippen molar-refractivity contribution >= 4 is 29.9 Å². The van der Waals surface area contributed by atoms with E-state index in [0.29, 0.717) is 12.1 Å². The van der Waals surface area contributed by atoms with E-state index in [0.717, 1.165) is 44.9 Å². The molecule has 18 heavy (non-hydrogen) atoms. The molecule has 2 N–H and O–H groups in total.